The summed E-state index contributed by atoms with van der Waals surface area (Å²) in [6.07, 6.45) is 2.68. The Kier molecular flexibility index (Phi) is 4.50. The van der Waals surface area contributed by atoms with Crippen LogP contribution < -0.4 is 0 Å². The summed E-state index contributed by atoms with van der Waals surface area (Å²) in [4.78, 5) is 29.8. The van der Waals surface area contributed by atoms with E-state index in [1.165, 1.54) is 5.56 Å². The molecule has 1 atom stereocenters. The molecule has 2 aromatic rings. The van der Waals surface area contributed by atoms with Gasteiger partial charge in [-0.25, -0.2) is 0 Å². The van der Waals surface area contributed by atoms with Crippen molar-refractivity contribution < 1.29 is 9.59 Å². The number of benzene rings is 2. The molecule has 0 N–H and O–H groups in total. The minimum Gasteiger partial charge on any atom is -0.345 e. The highest BCUT2D eigenvalue weighted by molar-refractivity contribution is 6.01. The smallest absolute Gasteiger partial charge is 0.254 e. The summed E-state index contributed by atoms with van der Waals surface area (Å²) in [5.41, 5.74) is 3.53. The van der Waals surface area contributed by atoms with Crippen LogP contribution in [0.25, 0.3) is 11.1 Å². The molecule has 0 aromatic heterocycles. The minimum absolute atomic E-state index is 0.0324. The Hall–Kier alpha value is -2.62. The first-order chi connectivity index (χ1) is 13.0. The van der Waals surface area contributed by atoms with Crippen LogP contribution in [0.5, 0.6) is 0 Å². The zero-order valence-electron chi connectivity index (χ0n) is 16.1. The van der Waals surface area contributed by atoms with Crippen LogP contribution in [0, 0.1) is 12.3 Å². The fourth-order valence-corrected chi connectivity index (χ4v) is 4.60. The van der Waals surface area contributed by atoms with Gasteiger partial charge in [0, 0.05) is 32.2 Å². The first kappa shape index (κ1) is 17.8. The number of amides is 2. The van der Waals surface area contributed by atoms with E-state index >= 15 is 0 Å². The lowest BCUT2D eigenvalue weighted by molar-refractivity contribution is -0.143. The van der Waals surface area contributed by atoms with Gasteiger partial charge in [0.15, 0.2) is 0 Å². The fraction of sp³-hybridized carbons (Fsp3) is 0.391. The van der Waals surface area contributed by atoms with Crippen molar-refractivity contribution in [3.63, 3.8) is 0 Å². The van der Waals surface area contributed by atoms with Crippen molar-refractivity contribution >= 4 is 11.8 Å². The van der Waals surface area contributed by atoms with Crippen molar-refractivity contribution in [2.75, 3.05) is 26.7 Å². The third kappa shape index (κ3) is 3.14. The van der Waals surface area contributed by atoms with E-state index in [0.29, 0.717) is 13.1 Å². The van der Waals surface area contributed by atoms with E-state index in [1.54, 1.807) is 0 Å². The van der Waals surface area contributed by atoms with Crippen LogP contribution in [0.3, 0.4) is 0 Å². The summed E-state index contributed by atoms with van der Waals surface area (Å²) in [5, 5.41) is 0. The van der Waals surface area contributed by atoms with Crippen LogP contribution in [-0.2, 0) is 4.79 Å². The van der Waals surface area contributed by atoms with Gasteiger partial charge < -0.3 is 9.80 Å². The molecule has 1 spiro atoms. The van der Waals surface area contributed by atoms with Crippen molar-refractivity contribution in [1.29, 1.82) is 0 Å². The monoisotopic (exact) mass is 362 g/mol. The van der Waals surface area contributed by atoms with Crippen LogP contribution >= 0.6 is 0 Å². The molecule has 0 bridgehead atoms. The van der Waals surface area contributed by atoms with Crippen molar-refractivity contribution in [1.82, 2.24) is 9.80 Å². The first-order valence-corrected chi connectivity index (χ1v) is 9.71. The lowest BCUT2D eigenvalue weighted by Gasteiger charge is -2.37. The maximum atomic E-state index is 13.3. The average molecular weight is 362 g/mol. The first-order valence-electron chi connectivity index (χ1n) is 9.71. The Morgan fingerprint density at radius 1 is 1.04 bits per heavy atom. The van der Waals surface area contributed by atoms with Crippen LogP contribution in [0.15, 0.2) is 48.5 Å². The lowest BCUT2D eigenvalue weighted by Crippen LogP contribution is -2.48. The number of carbonyl (C=O) groups excluding carboxylic acids is 2. The highest BCUT2D eigenvalue weighted by atomic mass is 16.2. The third-order valence-electron chi connectivity index (χ3n) is 6.08. The summed E-state index contributed by atoms with van der Waals surface area (Å²) in [5.74, 6) is 0.237. The molecule has 4 heteroatoms. The molecule has 4 nitrogen and oxygen atoms in total. The second-order valence-corrected chi connectivity index (χ2v) is 8.00. The van der Waals surface area contributed by atoms with Gasteiger partial charge >= 0.3 is 0 Å². The van der Waals surface area contributed by atoms with Crippen molar-refractivity contribution in [2.45, 2.75) is 26.2 Å². The van der Waals surface area contributed by atoms with E-state index in [1.807, 2.05) is 53.2 Å². The molecule has 0 unspecified atom stereocenters. The zero-order valence-corrected chi connectivity index (χ0v) is 16.1. The van der Waals surface area contributed by atoms with Gasteiger partial charge in [-0.2, -0.15) is 0 Å². The summed E-state index contributed by atoms with van der Waals surface area (Å²) in [6.45, 7) is 4.08. The minimum atomic E-state index is -0.374. The summed E-state index contributed by atoms with van der Waals surface area (Å²) in [7, 11) is 1.88. The molecule has 2 aliphatic heterocycles. The maximum Gasteiger partial charge on any atom is 0.254 e. The van der Waals surface area contributed by atoms with Gasteiger partial charge in [-0.1, -0.05) is 48.0 Å². The number of rotatable bonds is 2. The number of hydrogen-bond donors (Lipinski definition) is 0. The normalized spacial score (nSPS) is 22.5. The van der Waals surface area contributed by atoms with E-state index in [2.05, 4.69) is 19.1 Å². The van der Waals surface area contributed by atoms with Gasteiger partial charge in [0.1, 0.15) is 0 Å². The molecule has 140 valence electrons. The predicted octanol–water partition coefficient (Wildman–Crippen LogP) is 3.75. The SMILES string of the molecule is Cc1cccc(-c2ccccc2C(=O)N2CC[C@@]3(CCCN(C)C3=O)C2)c1. The molecular formula is C23H26N2O2. The molecule has 4 rings (SSSR count). The second-order valence-electron chi connectivity index (χ2n) is 8.00. The predicted molar refractivity (Wildman–Crippen MR) is 106 cm³/mol. The molecule has 0 saturated carbocycles. The highest BCUT2D eigenvalue weighted by Gasteiger charge is 2.48. The Labute approximate surface area is 160 Å². The Morgan fingerprint density at radius 3 is 2.67 bits per heavy atom. The van der Waals surface area contributed by atoms with E-state index in [0.717, 1.165) is 42.5 Å². The highest BCUT2D eigenvalue weighted by Crippen LogP contribution is 2.40. The molecule has 2 saturated heterocycles. The number of likely N-dealkylation sites (tertiary alicyclic amines) is 2. The van der Waals surface area contributed by atoms with Gasteiger partial charge in [-0.3, -0.25) is 9.59 Å². The number of piperidine rings is 1. The van der Waals surface area contributed by atoms with E-state index in [-0.39, 0.29) is 17.2 Å². The van der Waals surface area contributed by atoms with Gasteiger partial charge in [-0.15, -0.1) is 0 Å². The molecular weight excluding hydrogens is 336 g/mol. The molecule has 2 heterocycles. The van der Waals surface area contributed by atoms with E-state index in [9.17, 15) is 9.59 Å². The molecule has 2 amide bonds. The second kappa shape index (κ2) is 6.84. The lowest BCUT2D eigenvalue weighted by atomic mass is 9.78. The molecule has 2 aliphatic rings. The van der Waals surface area contributed by atoms with E-state index in [4.69, 9.17) is 0 Å². The average Bonchev–Trinajstić information content (AvgIpc) is 3.10. The van der Waals surface area contributed by atoms with Crippen molar-refractivity contribution in [2.24, 2.45) is 5.41 Å². The van der Waals surface area contributed by atoms with Crippen LogP contribution in [0.2, 0.25) is 0 Å². The number of aryl methyl sites for hydroxylation is 1. The van der Waals surface area contributed by atoms with Crippen molar-refractivity contribution in [3.8, 4) is 11.1 Å². The van der Waals surface area contributed by atoms with Crippen LogP contribution in [0.1, 0.15) is 35.2 Å². The number of hydrogen-bond acceptors (Lipinski definition) is 2. The topological polar surface area (TPSA) is 40.6 Å². The van der Waals surface area contributed by atoms with Crippen LogP contribution in [-0.4, -0.2) is 48.3 Å². The van der Waals surface area contributed by atoms with E-state index < -0.39 is 0 Å². The van der Waals surface area contributed by atoms with Gasteiger partial charge in [0.2, 0.25) is 5.91 Å². The standard InChI is InChI=1S/C23H26N2O2/c1-17-7-5-8-18(15-17)19-9-3-4-10-20(19)21(26)25-14-12-23(16-25)11-6-13-24(2)22(23)27/h3-5,7-10,15H,6,11-14,16H2,1-2H3/t23-/m0/s1. The fourth-order valence-electron chi connectivity index (χ4n) is 4.60. The van der Waals surface area contributed by atoms with Crippen LogP contribution in [0.4, 0.5) is 0 Å². The summed E-state index contributed by atoms with van der Waals surface area (Å²) < 4.78 is 0. The number of nitrogens with zero attached hydrogens (tertiary/aromatic N) is 2. The Balaban J connectivity index is 1.62. The largest absolute Gasteiger partial charge is 0.345 e. The van der Waals surface area contributed by atoms with Gasteiger partial charge in [0.05, 0.1) is 5.41 Å². The quantitative estimate of drug-likeness (QED) is 0.816. The number of carbonyl (C=O) groups is 2. The van der Waals surface area contributed by atoms with Gasteiger partial charge in [-0.05, 0) is 43.4 Å². The maximum absolute atomic E-state index is 13.3. The Bertz CT molecular complexity index is 891. The molecule has 2 aromatic carbocycles. The summed E-state index contributed by atoms with van der Waals surface area (Å²) >= 11 is 0. The third-order valence-corrected chi connectivity index (χ3v) is 6.08. The molecule has 0 aliphatic carbocycles. The van der Waals surface area contributed by atoms with Gasteiger partial charge in [0.25, 0.3) is 5.91 Å². The summed E-state index contributed by atoms with van der Waals surface area (Å²) in [6, 6.07) is 16.0. The molecule has 27 heavy (non-hydrogen) atoms. The zero-order chi connectivity index (χ0) is 19.0. The Morgan fingerprint density at radius 2 is 1.85 bits per heavy atom. The molecule has 2 fully saturated rings. The molecule has 0 radical (unpaired) electrons. The van der Waals surface area contributed by atoms with Crippen molar-refractivity contribution in [3.05, 3.63) is 59.7 Å².